The van der Waals surface area contributed by atoms with E-state index in [1.807, 2.05) is 13.0 Å². The van der Waals surface area contributed by atoms with E-state index in [0.29, 0.717) is 0 Å². The number of hydrogen-bond donors (Lipinski definition) is 2. The second kappa shape index (κ2) is 6.35. The van der Waals surface area contributed by atoms with E-state index >= 15 is 0 Å². The first-order valence-electron chi connectivity index (χ1n) is 5.48. The molecule has 1 unspecified atom stereocenters. The van der Waals surface area contributed by atoms with Crippen LogP contribution in [0, 0.1) is 0 Å². The standard InChI is InChI=1S/C11H19N3O/c1-3-5-10-6-11(13-8-12-10)14-9(4-2)7-15/h6,8-9,15H,3-5,7H2,1-2H3,(H,12,13,14). The second-order valence-corrected chi connectivity index (χ2v) is 3.58. The molecule has 4 heteroatoms. The summed E-state index contributed by atoms with van der Waals surface area (Å²) in [5, 5.41) is 12.2. The summed E-state index contributed by atoms with van der Waals surface area (Å²) in [6.07, 6.45) is 4.49. The summed E-state index contributed by atoms with van der Waals surface area (Å²) >= 11 is 0. The van der Waals surface area contributed by atoms with Gasteiger partial charge < -0.3 is 10.4 Å². The Labute approximate surface area is 90.8 Å². The molecule has 0 saturated carbocycles. The third-order valence-electron chi connectivity index (χ3n) is 2.30. The Morgan fingerprint density at radius 2 is 2.20 bits per heavy atom. The van der Waals surface area contributed by atoms with Crippen molar-refractivity contribution in [3.8, 4) is 0 Å². The van der Waals surface area contributed by atoms with Crippen molar-refractivity contribution in [2.45, 2.75) is 39.2 Å². The van der Waals surface area contributed by atoms with Gasteiger partial charge in [0.25, 0.3) is 0 Å². The predicted octanol–water partition coefficient (Wildman–Crippen LogP) is 1.61. The third kappa shape index (κ3) is 3.83. The first-order chi connectivity index (χ1) is 7.30. The van der Waals surface area contributed by atoms with E-state index < -0.39 is 0 Å². The van der Waals surface area contributed by atoms with Crippen LogP contribution in [0.15, 0.2) is 12.4 Å². The number of aryl methyl sites for hydroxylation is 1. The lowest BCUT2D eigenvalue weighted by molar-refractivity contribution is 0.271. The van der Waals surface area contributed by atoms with Gasteiger partial charge >= 0.3 is 0 Å². The van der Waals surface area contributed by atoms with Crippen LogP contribution in [0.1, 0.15) is 32.4 Å². The molecule has 0 aliphatic heterocycles. The van der Waals surface area contributed by atoms with E-state index in [-0.39, 0.29) is 12.6 Å². The molecule has 15 heavy (non-hydrogen) atoms. The Kier molecular flexibility index (Phi) is 5.04. The molecule has 0 amide bonds. The van der Waals surface area contributed by atoms with E-state index in [0.717, 1.165) is 30.8 Å². The van der Waals surface area contributed by atoms with Crippen molar-refractivity contribution in [3.05, 3.63) is 18.1 Å². The summed E-state index contributed by atoms with van der Waals surface area (Å²) < 4.78 is 0. The molecule has 0 aliphatic rings. The molecule has 0 spiro atoms. The van der Waals surface area contributed by atoms with Gasteiger partial charge in [-0.1, -0.05) is 20.3 Å². The highest BCUT2D eigenvalue weighted by molar-refractivity contribution is 5.35. The fourth-order valence-corrected chi connectivity index (χ4v) is 1.36. The van der Waals surface area contributed by atoms with E-state index in [4.69, 9.17) is 5.11 Å². The lowest BCUT2D eigenvalue weighted by Crippen LogP contribution is -2.23. The number of aromatic nitrogens is 2. The average Bonchev–Trinajstić information content (AvgIpc) is 2.27. The van der Waals surface area contributed by atoms with Gasteiger partial charge in [-0.05, 0) is 12.8 Å². The molecule has 1 aromatic heterocycles. The van der Waals surface area contributed by atoms with Gasteiger partial charge in [-0.2, -0.15) is 0 Å². The molecule has 1 heterocycles. The fraction of sp³-hybridized carbons (Fsp3) is 0.636. The normalized spacial score (nSPS) is 12.5. The van der Waals surface area contributed by atoms with Crippen molar-refractivity contribution in [2.75, 3.05) is 11.9 Å². The molecule has 0 fully saturated rings. The quantitative estimate of drug-likeness (QED) is 0.747. The van der Waals surface area contributed by atoms with Gasteiger partial charge in [0.2, 0.25) is 0 Å². The summed E-state index contributed by atoms with van der Waals surface area (Å²) in [6.45, 7) is 4.28. The van der Waals surface area contributed by atoms with Crippen molar-refractivity contribution in [3.63, 3.8) is 0 Å². The largest absolute Gasteiger partial charge is 0.394 e. The van der Waals surface area contributed by atoms with Crippen LogP contribution in [-0.2, 0) is 6.42 Å². The van der Waals surface area contributed by atoms with E-state index in [1.54, 1.807) is 6.33 Å². The van der Waals surface area contributed by atoms with Gasteiger partial charge in [0.15, 0.2) is 0 Å². The van der Waals surface area contributed by atoms with Gasteiger partial charge in [0.1, 0.15) is 12.1 Å². The number of aliphatic hydroxyl groups is 1. The first-order valence-corrected chi connectivity index (χ1v) is 5.48. The van der Waals surface area contributed by atoms with Gasteiger partial charge in [-0.15, -0.1) is 0 Å². The molecule has 0 radical (unpaired) electrons. The number of nitrogens with one attached hydrogen (secondary N) is 1. The zero-order valence-electron chi connectivity index (χ0n) is 9.40. The minimum Gasteiger partial charge on any atom is -0.394 e. The molecular formula is C11H19N3O. The third-order valence-corrected chi connectivity index (χ3v) is 2.30. The highest BCUT2D eigenvalue weighted by Gasteiger charge is 2.05. The topological polar surface area (TPSA) is 58.0 Å². The first kappa shape index (κ1) is 11.9. The minimum atomic E-state index is 0.0781. The van der Waals surface area contributed by atoms with Crippen molar-refractivity contribution >= 4 is 5.82 Å². The summed E-state index contributed by atoms with van der Waals surface area (Å²) in [5.74, 6) is 0.800. The Balaban J connectivity index is 2.64. The van der Waals surface area contributed by atoms with E-state index in [1.165, 1.54) is 0 Å². The van der Waals surface area contributed by atoms with Gasteiger partial charge in [0.05, 0.1) is 12.6 Å². The highest BCUT2D eigenvalue weighted by atomic mass is 16.3. The zero-order valence-corrected chi connectivity index (χ0v) is 9.40. The van der Waals surface area contributed by atoms with Crippen LogP contribution in [0.5, 0.6) is 0 Å². The second-order valence-electron chi connectivity index (χ2n) is 3.58. The molecule has 0 aliphatic carbocycles. The van der Waals surface area contributed by atoms with Crippen molar-refractivity contribution in [2.24, 2.45) is 0 Å². The number of nitrogens with zero attached hydrogens (tertiary/aromatic N) is 2. The SMILES string of the molecule is CCCc1cc(NC(CC)CO)ncn1. The highest BCUT2D eigenvalue weighted by Crippen LogP contribution is 2.08. The molecule has 0 saturated heterocycles. The average molecular weight is 209 g/mol. The number of aliphatic hydroxyl groups excluding tert-OH is 1. The monoisotopic (exact) mass is 209 g/mol. The summed E-state index contributed by atoms with van der Waals surface area (Å²) in [7, 11) is 0. The van der Waals surface area contributed by atoms with Crippen molar-refractivity contribution in [1.29, 1.82) is 0 Å². The number of rotatable bonds is 6. The maximum atomic E-state index is 9.05. The smallest absolute Gasteiger partial charge is 0.129 e. The maximum absolute atomic E-state index is 9.05. The predicted molar refractivity (Wildman–Crippen MR) is 60.8 cm³/mol. The van der Waals surface area contributed by atoms with Crippen molar-refractivity contribution in [1.82, 2.24) is 9.97 Å². The molecule has 4 nitrogen and oxygen atoms in total. The molecule has 1 aromatic rings. The lowest BCUT2D eigenvalue weighted by Gasteiger charge is -2.14. The Hall–Kier alpha value is -1.16. The summed E-state index contributed by atoms with van der Waals surface area (Å²) in [4.78, 5) is 8.30. The van der Waals surface area contributed by atoms with Crippen LogP contribution in [0.4, 0.5) is 5.82 Å². The van der Waals surface area contributed by atoms with Gasteiger partial charge in [-0.25, -0.2) is 9.97 Å². The lowest BCUT2D eigenvalue weighted by atomic mass is 10.2. The van der Waals surface area contributed by atoms with Crippen LogP contribution in [-0.4, -0.2) is 27.7 Å². The van der Waals surface area contributed by atoms with E-state index in [9.17, 15) is 0 Å². The molecule has 2 N–H and O–H groups in total. The summed E-state index contributed by atoms with van der Waals surface area (Å²) in [6, 6.07) is 2.02. The van der Waals surface area contributed by atoms with Crippen LogP contribution >= 0.6 is 0 Å². The Morgan fingerprint density at radius 3 is 2.80 bits per heavy atom. The number of anilines is 1. The molecule has 84 valence electrons. The fourth-order valence-electron chi connectivity index (χ4n) is 1.36. The zero-order chi connectivity index (χ0) is 11.1. The molecule has 1 atom stereocenters. The van der Waals surface area contributed by atoms with Crippen molar-refractivity contribution < 1.29 is 5.11 Å². The van der Waals surface area contributed by atoms with Crippen LogP contribution in [0.25, 0.3) is 0 Å². The summed E-state index contributed by atoms with van der Waals surface area (Å²) in [5.41, 5.74) is 1.04. The Bertz CT molecular complexity index is 287. The van der Waals surface area contributed by atoms with Crippen LogP contribution < -0.4 is 5.32 Å². The van der Waals surface area contributed by atoms with Crippen LogP contribution in [0.3, 0.4) is 0 Å². The molecule has 0 bridgehead atoms. The Morgan fingerprint density at radius 1 is 1.40 bits per heavy atom. The molecule has 1 rings (SSSR count). The maximum Gasteiger partial charge on any atom is 0.129 e. The van der Waals surface area contributed by atoms with Crippen LogP contribution in [0.2, 0.25) is 0 Å². The molecular weight excluding hydrogens is 190 g/mol. The number of hydrogen-bond acceptors (Lipinski definition) is 4. The van der Waals surface area contributed by atoms with Gasteiger partial charge in [-0.3, -0.25) is 0 Å². The van der Waals surface area contributed by atoms with Gasteiger partial charge in [0, 0.05) is 11.8 Å². The minimum absolute atomic E-state index is 0.0781. The molecule has 0 aromatic carbocycles. The van der Waals surface area contributed by atoms with E-state index in [2.05, 4.69) is 22.2 Å².